The normalized spacial score (nSPS) is 11.5. The first kappa shape index (κ1) is 14.0. The summed E-state index contributed by atoms with van der Waals surface area (Å²) in [5.74, 6) is 0. The molecule has 0 saturated carbocycles. The highest BCUT2D eigenvalue weighted by molar-refractivity contribution is 7.99. The minimum Gasteiger partial charge on any atom is -0.325 e. The molecule has 0 aliphatic carbocycles. The Balaban J connectivity index is 2.15. The number of nitrogens with two attached hydrogens (primary N) is 1. The fourth-order valence-corrected chi connectivity index (χ4v) is 2.90. The van der Waals surface area contributed by atoms with Crippen molar-refractivity contribution in [3.8, 4) is 0 Å². The molecule has 0 saturated heterocycles. The molecule has 19 heavy (non-hydrogen) atoms. The van der Waals surface area contributed by atoms with Crippen LogP contribution in [0.4, 0.5) is 0 Å². The zero-order chi connectivity index (χ0) is 13.9. The SMILES string of the molecule is CS(=O)(=O)c1ccc(Sc2ccc(CN)nc2)cc1. The van der Waals surface area contributed by atoms with Gasteiger partial charge in [-0.15, -0.1) is 0 Å². The Kier molecular flexibility index (Phi) is 4.24. The molecule has 0 atom stereocenters. The highest BCUT2D eigenvalue weighted by Crippen LogP contribution is 2.27. The van der Waals surface area contributed by atoms with Crippen molar-refractivity contribution in [1.29, 1.82) is 0 Å². The first-order valence-electron chi connectivity index (χ1n) is 5.62. The summed E-state index contributed by atoms with van der Waals surface area (Å²) < 4.78 is 22.7. The molecule has 0 bridgehead atoms. The van der Waals surface area contributed by atoms with Crippen LogP contribution in [-0.2, 0) is 16.4 Å². The number of sulfone groups is 1. The summed E-state index contributed by atoms with van der Waals surface area (Å²) in [5, 5.41) is 0. The number of rotatable bonds is 4. The predicted molar refractivity (Wildman–Crippen MR) is 75.8 cm³/mol. The molecule has 0 unspecified atom stereocenters. The van der Waals surface area contributed by atoms with Crippen LogP contribution in [0.1, 0.15) is 5.69 Å². The van der Waals surface area contributed by atoms with E-state index < -0.39 is 9.84 Å². The van der Waals surface area contributed by atoms with Gasteiger partial charge in [-0.05, 0) is 36.4 Å². The van der Waals surface area contributed by atoms with E-state index in [0.717, 1.165) is 15.5 Å². The summed E-state index contributed by atoms with van der Waals surface area (Å²) in [7, 11) is -3.14. The molecule has 0 fully saturated rings. The second kappa shape index (κ2) is 5.73. The Morgan fingerprint density at radius 3 is 2.21 bits per heavy atom. The van der Waals surface area contributed by atoms with Crippen LogP contribution in [0.2, 0.25) is 0 Å². The van der Waals surface area contributed by atoms with Crippen molar-refractivity contribution in [1.82, 2.24) is 4.98 Å². The van der Waals surface area contributed by atoms with Gasteiger partial charge in [-0.2, -0.15) is 0 Å². The average molecular weight is 294 g/mol. The van der Waals surface area contributed by atoms with E-state index in [-0.39, 0.29) is 0 Å². The topological polar surface area (TPSA) is 73.0 Å². The van der Waals surface area contributed by atoms with E-state index in [2.05, 4.69) is 4.98 Å². The molecule has 2 N–H and O–H groups in total. The monoisotopic (exact) mass is 294 g/mol. The molecule has 0 radical (unpaired) electrons. The quantitative estimate of drug-likeness (QED) is 0.934. The van der Waals surface area contributed by atoms with Gasteiger partial charge in [0.1, 0.15) is 0 Å². The average Bonchev–Trinajstić information content (AvgIpc) is 2.39. The van der Waals surface area contributed by atoms with Gasteiger partial charge in [0.2, 0.25) is 0 Å². The van der Waals surface area contributed by atoms with Gasteiger partial charge < -0.3 is 5.73 Å². The highest BCUT2D eigenvalue weighted by Gasteiger charge is 2.06. The maximum Gasteiger partial charge on any atom is 0.175 e. The Labute approximate surface area is 117 Å². The zero-order valence-corrected chi connectivity index (χ0v) is 12.0. The van der Waals surface area contributed by atoms with Gasteiger partial charge in [-0.3, -0.25) is 4.98 Å². The molecule has 1 aromatic heterocycles. The third-order valence-corrected chi connectivity index (χ3v) is 4.61. The lowest BCUT2D eigenvalue weighted by Crippen LogP contribution is -1.98. The summed E-state index contributed by atoms with van der Waals surface area (Å²) in [6, 6.07) is 10.6. The van der Waals surface area contributed by atoms with Crippen LogP contribution >= 0.6 is 11.8 Å². The molecule has 4 nitrogen and oxygen atoms in total. The fourth-order valence-electron chi connectivity index (χ4n) is 1.48. The number of aromatic nitrogens is 1. The van der Waals surface area contributed by atoms with Crippen molar-refractivity contribution >= 4 is 21.6 Å². The highest BCUT2D eigenvalue weighted by atomic mass is 32.2. The molecule has 0 aliphatic rings. The maximum absolute atomic E-state index is 11.3. The number of pyridine rings is 1. The molecule has 1 aromatic carbocycles. The van der Waals surface area contributed by atoms with E-state index in [0.29, 0.717) is 11.4 Å². The minimum absolute atomic E-state index is 0.327. The van der Waals surface area contributed by atoms with Gasteiger partial charge in [-0.25, -0.2) is 8.42 Å². The molecule has 0 spiro atoms. The van der Waals surface area contributed by atoms with Crippen LogP contribution < -0.4 is 5.73 Å². The molecule has 0 amide bonds. The van der Waals surface area contributed by atoms with E-state index in [1.54, 1.807) is 30.5 Å². The molecule has 1 heterocycles. The third kappa shape index (κ3) is 3.79. The van der Waals surface area contributed by atoms with Crippen molar-refractivity contribution in [3.63, 3.8) is 0 Å². The van der Waals surface area contributed by atoms with Crippen LogP contribution in [0.15, 0.2) is 57.3 Å². The van der Waals surface area contributed by atoms with Crippen LogP contribution in [0.3, 0.4) is 0 Å². The Morgan fingerprint density at radius 2 is 1.74 bits per heavy atom. The van der Waals surface area contributed by atoms with Crippen LogP contribution in [0, 0.1) is 0 Å². The summed E-state index contributed by atoms with van der Waals surface area (Å²) in [6.45, 7) is 0.425. The fraction of sp³-hybridized carbons (Fsp3) is 0.154. The number of benzene rings is 1. The summed E-state index contributed by atoms with van der Waals surface area (Å²) in [6.07, 6.45) is 2.96. The number of hydrogen-bond donors (Lipinski definition) is 1. The zero-order valence-electron chi connectivity index (χ0n) is 10.4. The molecule has 2 rings (SSSR count). The smallest absolute Gasteiger partial charge is 0.175 e. The second-order valence-electron chi connectivity index (χ2n) is 4.03. The largest absolute Gasteiger partial charge is 0.325 e. The van der Waals surface area contributed by atoms with E-state index >= 15 is 0 Å². The molecule has 2 aromatic rings. The van der Waals surface area contributed by atoms with Crippen LogP contribution in [0.5, 0.6) is 0 Å². The lowest BCUT2D eigenvalue weighted by molar-refractivity contribution is 0.602. The molecule has 6 heteroatoms. The third-order valence-electron chi connectivity index (χ3n) is 2.49. The first-order valence-corrected chi connectivity index (χ1v) is 8.33. The predicted octanol–water partition coefficient (Wildman–Crippen LogP) is 2.09. The number of nitrogens with zero attached hydrogens (tertiary/aromatic N) is 1. The van der Waals surface area contributed by atoms with Crippen molar-refractivity contribution in [2.24, 2.45) is 5.73 Å². The van der Waals surface area contributed by atoms with Gasteiger partial charge in [0.25, 0.3) is 0 Å². The minimum atomic E-state index is -3.14. The van der Waals surface area contributed by atoms with Gasteiger partial charge in [-0.1, -0.05) is 11.8 Å². The van der Waals surface area contributed by atoms with Crippen molar-refractivity contribution < 1.29 is 8.42 Å². The number of hydrogen-bond acceptors (Lipinski definition) is 5. The Bertz CT molecular complexity index is 650. The molecule has 100 valence electrons. The molecule has 0 aliphatic heterocycles. The van der Waals surface area contributed by atoms with Gasteiger partial charge in [0.05, 0.1) is 10.6 Å². The second-order valence-corrected chi connectivity index (χ2v) is 7.20. The Hall–Kier alpha value is -1.37. The van der Waals surface area contributed by atoms with Gasteiger partial charge in [0.15, 0.2) is 9.84 Å². The van der Waals surface area contributed by atoms with E-state index in [1.165, 1.54) is 18.0 Å². The molecular formula is C13H14N2O2S2. The van der Waals surface area contributed by atoms with Crippen LogP contribution in [-0.4, -0.2) is 19.7 Å². The summed E-state index contributed by atoms with van der Waals surface area (Å²) >= 11 is 1.53. The lowest BCUT2D eigenvalue weighted by Gasteiger charge is -2.03. The van der Waals surface area contributed by atoms with E-state index in [9.17, 15) is 8.42 Å². The summed E-state index contributed by atoms with van der Waals surface area (Å²) in [4.78, 5) is 6.49. The van der Waals surface area contributed by atoms with Crippen molar-refractivity contribution in [3.05, 3.63) is 48.3 Å². The Morgan fingerprint density at radius 1 is 1.11 bits per heavy atom. The van der Waals surface area contributed by atoms with Crippen molar-refractivity contribution in [2.75, 3.05) is 6.26 Å². The standard InChI is InChI=1S/C13H14N2O2S2/c1-19(16,17)13-6-4-11(5-7-13)18-12-3-2-10(8-14)15-9-12/h2-7,9H,8,14H2,1H3. The van der Waals surface area contributed by atoms with Crippen molar-refractivity contribution in [2.45, 2.75) is 21.2 Å². The molecular weight excluding hydrogens is 280 g/mol. The lowest BCUT2D eigenvalue weighted by atomic mass is 10.3. The van der Waals surface area contributed by atoms with Gasteiger partial charge in [0, 0.05) is 28.8 Å². The van der Waals surface area contributed by atoms with Crippen LogP contribution in [0.25, 0.3) is 0 Å². The van der Waals surface area contributed by atoms with Gasteiger partial charge >= 0.3 is 0 Å². The van der Waals surface area contributed by atoms with E-state index in [1.807, 2.05) is 12.1 Å². The first-order chi connectivity index (χ1) is 8.99. The maximum atomic E-state index is 11.3. The van der Waals surface area contributed by atoms with E-state index in [4.69, 9.17) is 5.73 Å². The summed E-state index contributed by atoms with van der Waals surface area (Å²) in [5.41, 5.74) is 6.33.